The number of carbonyl (C=O) groups excluding carboxylic acids is 1. The number of ether oxygens (including phenoxy) is 3. The van der Waals surface area contributed by atoms with Gasteiger partial charge in [-0.2, -0.15) is 0 Å². The Bertz CT molecular complexity index is 662. The third-order valence-corrected chi connectivity index (χ3v) is 4.44. The Hall–Kier alpha value is -2.64. The monoisotopic (exact) mass is 366 g/mol. The molecule has 2 rings (SSSR count). The minimum atomic E-state index is -0.862. The minimum Gasteiger partial charge on any atom is -0.493 e. The predicted octanol–water partition coefficient (Wildman–Crippen LogP) is 1.69. The van der Waals surface area contributed by atoms with Crippen LogP contribution >= 0.6 is 0 Å². The first-order valence-electron chi connectivity index (χ1n) is 8.57. The van der Waals surface area contributed by atoms with Crippen molar-refractivity contribution >= 4 is 12.0 Å². The van der Waals surface area contributed by atoms with Crippen LogP contribution in [0.5, 0.6) is 17.2 Å². The number of hydrogen-bond donors (Lipinski definition) is 2. The summed E-state index contributed by atoms with van der Waals surface area (Å²) in [7, 11) is 4.74. The van der Waals surface area contributed by atoms with Crippen molar-refractivity contribution in [1.82, 2.24) is 10.2 Å². The molecule has 0 fully saturated rings. The Labute approximate surface area is 153 Å². The van der Waals surface area contributed by atoms with Gasteiger partial charge in [-0.1, -0.05) is 0 Å². The first-order chi connectivity index (χ1) is 12.5. The third kappa shape index (κ3) is 4.50. The van der Waals surface area contributed by atoms with Crippen LogP contribution in [0.15, 0.2) is 6.07 Å². The fourth-order valence-electron chi connectivity index (χ4n) is 3.13. The lowest BCUT2D eigenvalue weighted by atomic mass is 10.0. The molecule has 26 heavy (non-hydrogen) atoms. The summed E-state index contributed by atoms with van der Waals surface area (Å²) in [6, 6.07) is 1.76. The number of carboxylic acids is 1. The fourth-order valence-corrected chi connectivity index (χ4v) is 3.13. The Morgan fingerprint density at radius 1 is 1.12 bits per heavy atom. The summed E-state index contributed by atoms with van der Waals surface area (Å²) in [6.07, 6.45) is 1.77. The Morgan fingerprint density at radius 3 is 2.42 bits per heavy atom. The maximum atomic E-state index is 12.3. The number of nitrogens with zero attached hydrogens (tertiary/aromatic N) is 1. The Morgan fingerprint density at radius 2 is 1.81 bits per heavy atom. The molecule has 0 saturated carbocycles. The van der Waals surface area contributed by atoms with E-state index in [1.54, 1.807) is 26.2 Å². The average Bonchev–Trinajstić information content (AvgIpc) is 2.85. The summed E-state index contributed by atoms with van der Waals surface area (Å²) < 4.78 is 16.4. The molecule has 8 heteroatoms. The van der Waals surface area contributed by atoms with Gasteiger partial charge in [-0.05, 0) is 30.9 Å². The number of fused-ring (bicyclic) bond motifs is 1. The highest BCUT2D eigenvalue weighted by Crippen LogP contribution is 2.43. The summed E-state index contributed by atoms with van der Waals surface area (Å²) in [6.45, 7) is 1.46. The van der Waals surface area contributed by atoms with E-state index in [4.69, 9.17) is 19.3 Å². The molecule has 1 aromatic carbocycles. The van der Waals surface area contributed by atoms with E-state index in [1.165, 1.54) is 0 Å². The van der Waals surface area contributed by atoms with Crippen LogP contribution in [-0.4, -0.2) is 63.0 Å². The molecule has 0 radical (unpaired) electrons. The van der Waals surface area contributed by atoms with Crippen LogP contribution in [0.3, 0.4) is 0 Å². The van der Waals surface area contributed by atoms with Gasteiger partial charge in [0.1, 0.15) is 0 Å². The lowest BCUT2D eigenvalue weighted by Crippen LogP contribution is -2.41. The highest BCUT2D eigenvalue weighted by atomic mass is 16.5. The molecule has 1 aromatic rings. The van der Waals surface area contributed by atoms with Crippen molar-refractivity contribution in [2.24, 2.45) is 0 Å². The van der Waals surface area contributed by atoms with E-state index >= 15 is 0 Å². The molecule has 8 nitrogen and oxygen atoms in total. The quantitative estimate of drug-likeness (QED) is 0.713. The van der Waals surface area contributed by atoms with Crippen molar-refractivity contribution in [3.05, 3.63) is 17.2 Å². The van der Waals surface area contributed by atoms with E-state index in [1.807, 2.05) is 6.07 Å². The van der Waals surface area contributed by atoms with Gasteiger partial charge in [0.15, 0.2) is 11.5 Å². The van der Waals surface area contributed by atoms with Crippen LogP contribution < -0.4 is 19.5 Å². The molecular formula is C18H26N2O6. The maximum Gasteiger partial charge on any atom is 0.317 e. The zero-order chi connectivity index (χ0) is 19.1. The van der Waals surface area contributed by atoms with Gasteiger partial charge < -0.3 is 29.5 Å². The van der Waals surface area contributed by atoms with Crippen LogP contribution in [0, 0.1) is 0 Å². The molecular weight excluding hydrogens is 340 g/mol. The second-order valence-electron chi connectivity index (χ2n) is 6.00. The molecule has 0 atom stereocenters. The number of hydrogen-bond acceptors (Lipinski definition) is 5. The minimum absolute atomic E-state index is 0.0442. The molecule has 1 heterocycles. The lowest BCUT2D eigenvalue weighted by molar-refractivity contribution is -0.137. The fraction of sp³-hybridized carbons (Fsp3) is 0.556. The molecule has 0 unspecified atom stereocenters. The van der Waals surface area contributed by atoms with Gasteiger partial charge in [0.25, 0.3) is 0 Å². The first-order valence-corrected chi connectivity index (χ1v) is 8.57. The number of nitrogens with one attached hydrogen (secondary N) is 1. The van der Waals surface area contributed by atoms with E-state index in [9.17, 15) is 9.59 Å². The standard InChI is InChI=1S/C18H26N2O6/c1-24-14-11-12-6-9-20(18(23)19-8-4-5-15(21)22)10-7-13(12)16(25-2)17(14)26-3/h11H,4-10H2,1-3H3,(H,19,23)(H,21,22). The maximum absolute atomic E-state index is 12.3. The normalized spacial score (nSPS) is 13.4. The molecule has 2 N–H and O–H groups in total. The van der Waals surface area contributed by atoms with Crippen molar-refractivity contribution < 1.29 is 28.9 Å². The second-order valence-corrected chi connectivity index (χ2v) is 6.00. The number of aliphatic carboxylic acids is 1. The van der Waals surface area contributed by atoms with Crippen molar-refractivity contribution in [3.63, 3.8) is 0 Å². The molecule has 1 aliphatic rings. The summed E-state index contributed by atoms with van der Waals surface area (Å²) in [5.74, 6) is 0.944. The van der Waals surface area contributed by atoms with Gasteiger partial charge in [-0.3, -0.25) is 4.79 Å². The number of rotatable bonds is 7. The zero-order valence-corrected chi connectivity index (χ0v) is 15.5. The number of urea groups is 1. The van der Waals surface area contributed by atoms with Gasteiger partial charge in [0.05, 0.1) is 21.3 Å². The summed E-state index contributed by atoms with van der Waals surface area (Å²) >= 11 is 0. The smallest absolute Gasteiger partial charge is 0.317 e. The van der Waals surface area contributed by atoms with Gasteiger partial charge >= 0.3 is 12.0 Å². The summed E-state index contributed by atoms with van der Waals surface area (Å²) in [5.41, 5.74) is 2.09. The van der Waals surface area contributed by atoms with Crippen molar-refractivity contribution in [2.45, 2.75) is 25.7 Å². The number of carboxylic acid groups (broad SMARTS) is 1. The van der Waals surface area contributed by atoms with Crippen LogP contribution in [0.1, 0.15) is 24.0 Å². The van der Waals surface area contributed by atoms with E-state index in [2.05, 4.69) is 5.32 Å². The molecule has 0 spiro atoms. The van der Waals surface area contributed by atoms with Crippen molar-refractivity contribution in [2.75, 3.05) is 41.0 Å². The largest absolute Gasteiger partial charge is 0.493 e. The molecule has 0 aliphatic carbocycles. The Balaban J connectivity index is 2.08. The summed E-state index contributed by atoms with van der Waals surface area (Å²) in [4.78, 5) is 24.6. The van der Waals surface area contributed by atoms with Crippen LogP contribution in [0.2, 0.25) is 0 Å². The van der Waals surface area contributed by atoms with Gasteiger partial charge in [0, 0.05) is 31.6 Å². The molecule has 2 amide bonds. The first kappa shape index (κ1) is 19.7. The van der Waals surface area contributed by atoms with Crippen molar-refractivity contribution in [1.29, 1.82) is 0 Å². The van der Waals surface area contributed by atoms with E-state index in [-0.39, 0.29) is 12.5 Å². The van der Waals surface area contributed by atoms with Crippen molar-refractivity contribution in [3.8, 4) is 17.2 Å². The molecule has 144 valence electrons. The van der Waals surface area contributed by atoms with Gasteiger partial charge in [-0.15, -0.1) is 0 Å². The highest BCUT2D eigenvalue weighted by molar-refractivity contribution is 5.74. The van der Waals surface area contributed by atoms with E-state index < -0.39 is 5.97 Å². The zero-order valence-electron chi connectivity index (χ0n) is 15.5. The number of amides is 2. The van der Waals surface area contributed by atoms with Gasteiger partial charge in [0.2, 0.25) is 5.75 Å². The molecule has 1 aliphatic heterocycles. The molecule has 0 saturated heterocycles. The number of benzene rings is 1. The Kier molecular flexibility index (Phi) is 6.94. The number of methoxy groups -OCH3 is 3. The third-order valence-electron chi connectivity index (χ3n) is 4.44. The molecule has 0 bridgehead atoms. The second kappa shape index (κ2) is 9.17. The predicted molar refractivity (Wildman–Crippen MR) is 95.3 cm³/mol. The topological polar surface area (TPSA) is 97.3 Å². The van der Waals surface area contributed by atoms with Crippen LogP contribution in [0.4, 0.5) is 4.79 Å². The van der Waals surface area contributed by atoms with E-state index in [0.717, 1.165) is 11.1 Å². The lowest BCUT2D eigenvalue weighted by Gasteiger charge is -2.20. The average molecular weight is 366 g/mol. The SMILES string of the molecule is COc1cc2c(c(OC)c1OC)CCN(C(=O)NCCCC(=O)O)CC2. The summed E-state index contributed by atoms with van der Waals surface area (Å²) in [5, 5.41) is 11.4. The van der Waals surface area contributed by atoms with Crippen LogP contribution in [-0.2, 0) is 17.6 Å². The van der Waals surface area contributed by atoms with Crippen LogP contribution in [0.25, 0.3) is 0 Å². The van der Waals surface area contributed by atoms with Gasteiger partial charge in [-0.25, -0.2) is 4.79 Å². The van der Waals surface area contributed by atoms with E-state index in [0.29, 0.717) is 56.1 Å². The molecule has 0 aromatic heterocycles. The highest BCUT2D eigenvalue weighted by Gasteiger charge is 2.25. The number of carbonyl (C=O) groups is 2.